The van der Waals surface area contributed by atoms with Crippen LogP contribution in [0.2, 0.25) is 0 Å². The number of hydrogen-bond acceptors (Lipinski definition) is 6. The zero-order valence-electron chi connectivity index (χ0n) is 12.0. The second-order valence-electron chi connectivity index (χ2n) is 4.98. The van der Waals surface area contributed by atoms with Gasteiger partial charge in [-0.15, -0.1) is 11.3 Å². The summed E-state index contributed by atoms with van der Waals surface area (Å²) in [6, 6.07) is 2.13. The minimum atomic E-state index is -0.798. The fourth-order valence-corrected chi connectivity index (χ4v) is 3.69. The summed E-state index contributed by atoms with van der Waals surface area (Å²) in [5.74, 6) is -1.28. The van der Waals surface area contributed by atoms with E-state index in [1.165, 1.54) is 0 Å². The zero-order valence-corrected chi connectivity index (χ0v) is 12.9. The van der Waals surface area contributed by atoms with Crippen molar-refractivity contribution >= 4 is 22.4 Å². The van der Waals surface area contributed by atoms with Gasteiger partial charge in [0.05, 0.1) is 24.8 Å². The molecule has 1 atom stereocenters. The van der Waals surface area contributed by atoms with Crippen LogP contribution >= 0.6 is 11.3 Å². The number of aryl methyl sites for hydroxylation is 1. The maximum atomic E-state index is 11.3. The summed E-state index contributed by atoms with van der Waals surface area (Å²) in [4.78, 5) is 19.0. The van der Waals surface area contributed by atoms with E-state index in [0.29, 0.717) is 38.2 Å². The minimum absolute atomic E-state index is 0.413. The molecular formula is C14H19N3O3S. The fraction of sp³-hybridized carbons (Fsp3) is 0.643. The van der Waals surface area contributed by atoms with Gasteiger partial charge in [-0.1, -0.05) is 0 Å². The van der Waals surface area contributed by atoms with Crippen LogP contribution in [0, 0.1) is 11.3 Å². The number of aliphatic carboxylic acids is 1. The Kier molecular flexibility index (Phi) is 5.53. The van der Waals surface area contributed by atoms with Gasteiger partial charge in [-0.05, 0) is 19.3 Å². The highest BCUT2D eigenvalue weighted by Gasteiger charge is 2.30. The van der Waals surface area contributed by atoms with Crippen molar-refractivity contribution in [3.8, 4) is 6.07 Å². The van der Waals surface area contributed by atoms with Crippen LogP contribution in [0.15, 0.2) is 0 Å². The first kappa shape index (κ1) is 15.7. The molecule has 1 aromatic rings. The molecule has 2 rings (SSSR count). The van der Waals surface area contributed by atoms with Gasteiger partial charge in [-0.2, -0.15) is 5.26 Å². The van der Waals surface area contributed by atoms with E-state index >= 15 is 0 Å². The quantitative estimate of drug-likeness (QED) is 0.829. The van der Waals surface area contributed by atoms with Crippen LogP contribution < -0.4 is 4.90 Å². The van der Waals surface area contributed by atoms with E-state index in [9.17, 15) is 9.90 Å². The van der Waals surface area contributed by atoms with E-state index in [-0.39, 0.29) is 0 Å². The van der Waals surface area contributed by atoms with Gasteiger partial charge >= 0.3 is 5.97 Å². The Morgan fingerprint density at radius 1 is 1.62 bits per heavy atom. The second kappa shape index (κ2) is 7.38. The lowest BCUT2D eigenvalue weighted by atomic mass is 9.91. The number of nitrogens with zero attached hydrogens (tertiary/aromatic N) is 3. The summed E-state index contributed by atoms with van der Waals surface area (Å²) >= 11 is 1.55. The number of aromatic nitrogens is 1. The van der Waals surface area contributed by atoms with Crippen molar-refractivity contribution in [1.29, 1.82) is 5.26 Å². The number of thiazole rings is 1. The molecule has 21 heavy (non-hydrogen) atoms. The van der Waals surface area contributed by atoms with Crippen molar-refractivity contribution in [2.24, 2.45) is 0 Å². The largest absolute Gasteiger partial charge is 0.481 e. The maximum absolute atomic E-state index is 11.3. The smallest absolute Gasteiger partial charge is 0.312 e. The maximum Gasteiger partial charge on any atom is 0.312 e. The molecule has 6 nitrogen and oxygen atoms in total. The van der Waals surface area contributed by atoms with Crippen molar-refractivity contribution in [3.63, 3.8) is 0 Å². The standard InChI is InChI=1S/C14H19N3O3S/c1-20-9-8-17(7-3-6-15)14-16-12-10(13(18)19)4-2-5-11(12)21-14/h10H,2-5,7-9H2,1H3,(H,18,19). The van der Waals surface area contributed by atoms with Crippen LogP contribution in [0.5, 0.6) is 0 Å². The molecular weight excluding hydrogens is 290 g/mol. The predicted molar refractivity (Wildman–Crippen MR) is 79.7 cm³/mol. The highest BCUT2D eigenvalue weighted by molar-refractivity contribution is 7.15. The molecule has 1 heterocycles. The number of carboxylic acid groups (broad SMARTS) is 1. The lowest BCUT2D eigenvalue weighted by molar-refractivity contribution is -0.139. The Hall–Kier alpha value is -1.65. The Bertz CT molecular complexity index is 538. The van der Waals surface area contributed by atoms with Crippen LogP contribution in [0.25, 0.3) is 0 Å². The normalized spacial score (nSPS) is 17.0. The molecule has 0 saturated heterocycles. The predicted octanol–water partition coefficient (Wildman–Crippen LogP) is 2.01. The van der Waals surface area contributed by atoms with Crippen molar-refractivity contribution in [2.75, 3.05) is 31.7 Å². The average Bonchev–Trinajstić information content (AvgIpc) is 2.90. The van der Waals surface area contributed by atoms with Gasteiger partial charge in [-0.3, -0.25) is 4.79 Å². The third-order valence-corrected chi connectivity index (χ3v) is 4.76. The Morgan fingerprint density at radius 3 is 3.10 bits per heavy atom. The van der Waals surface area contributed by atoms with Gasteiger partial charge in [0, 0.05) is 25.1 Å². The Balaban J connectivity index is 2.22. The third-order valence-electron chi connectivity index (χ3n) is 3.57. The van der Waals surface area contributed by atoms with Gasteiger partial charge < -0.3 is 14.7 Å². The molecule has 1 aromatic heterocycles. The summed E-state index contributed by atoms with van der Waals surface area (Å²) in [6.45, 7) is 1.80. The number of rotatable bonds is 7. The van der Waals surface area contributed by atoms with Crippen molar-refractivity contribution in [1.82, 2.24) is 4.98 Å². The molecule has 0 aliphatic heterocycles. The molecule has 0 bridgehead atoms. The molecule has 0 radical (unpaired) electrons. The van der Waals surface area contributed by atoms with E-state index in [4.69, 9.17) is 10.00 Å². The van der Waals surface area contributed by atoms with Crippen LogP contribution in [0.4, 0.5) is 5.13 Å². The molecule has 1 aliphatic rings. The molecule has 7 heteroatoms. The lowest BCUT2D eigenvalue weighted by Crippen LogP contribution is -2.28. The van der Waals surface area contributed by atoms with Crippen LogP contribution in [-0.2, 0) is 16.0 Å². The summed E-state index contributed by atoms with van der Waals surface area (Å²) in [6.07, 6.45) is 2.85. The van der Waals surface area contributed by atoms with E-state index in [1.54, 1.807) is 18.4 Å². The summed E-state index contributed by atoms with van der Waals surface area (Å²) in [5, 5.41) is 18.9. The number of nitriles is 1. The third kappa shape index (κ3) is 3.71. The van der Waals surface area contributed by atoms with Crippen LogP contribution in [0.1, 0.15) is 35.8 Å². The van der Waals surface area contributed by atoms with Crippen molar-refractivity contribution < 1.29 is 14.6 Å². The van der Waals surface area contributed by atoms with Crippen LogP contribution in [0.3, 0.4) is 0 Å². The summed E-state index contributed by atoms with van der Waals surface area (Å²) in [5.41, 5.74) is 0.716. The first-order chi connectivity index (χ1) is 10.2. The van der Waals surface area contributed by atoms with E-state index < -0.39 is 11.9 Å². The van der Waals surface area contributed by atoms with Gasteiger partial charge in [0.2, 0.25) is 0 Å². The van der Waals surface area contributed by atoms with Gasteiger partial charge in [0.1, 0.15) is 5.92 Å². The first-order valence-corrected chi connectivity index (χ1v) is 7.82. The average molecular weight is 309 g/mol. The molecule has 1 aliphatic carbocycles. The highest BCUT2D eigenvalue weighted by Crippen LogP contribution is 2.38. The molecule has 0 spiro atoms. The number of anilines is 1. The van der Waals surface area contributed by atoms with Gasteiger partial charge in [-0.25, -0.2) is 4.98 Å². The van der Waals surface area contributed by atoms with E-state index in [2.05, 4.69) is 11.1 Å². The second-order valence-corrected chi connectivity index (χ2v) is 6.04. The monoisotopic (exact) mass is 309 g/mol. The minimum Gasteiger partial charge on any atom is -0.481 e. The number of hydrogen-bond donors (Lipinski definition) is 1. The Labute approximate surface area is 128 Å². The van der Waals surface area contributed by atoms with E-state index in [1.807, 2.05) is 4.90 Å². The Morgan fingerprint density at radius 2 is 2.43 bits per heavy atom. The topological polar surface area (TPSA) is 86.5 Å². The van der Waals surface area contributed by atoms with Crippen molar-refractivity contribution in [2.45, 2.75) is 31.6 Å². The van der Waals surface area contributed by atoms with E-state index in [0.717, 1.165) is 22.9 Å². The lowest BCUT2D eigenvalue weighted by Gasteiger charge is -2.20. The first-order valence-electron chi connectivity index (χ1n) is 7.00. The van der Waals surface area contributed by atoms with Gasteiger partial charge in [0.25, 0.3) is 0 Å². The molecule has 1 N–H and O–H groups in total. The van der Waals surface area contributed by atoms with Gasteiger partial charge in [0.15, 0.2) is 5.13 Å². The highest BCUT2D eigenvalue weighted by atomic mass is 32.1. The zero-order chi connectivity index (χ0) is 15.2. The number of carboxylic acids is 1. The number of fused-ring (bicyclic) bond motifs is 1. The van der Waals surface area contributed by atoms with Crippen LogP contribution in [-0.4, -0.2) is 42.9 Å². The summed E-state index contributed by atoms with van der Waals surface area (Å²) in [7, 11) is 1.63. The number of ether oxygens (including phenoxy) is 1. The number of carbonyl (C=O) groups is 1. The summed E-state index contributed by atoms with van der Waals surface area (Å²) < 4.78 is 5.09. The molecule has 0 fully saturated rings. The molecule has 0 amide bonds. The fourth-order valence-electron chi connectivity index (χ4n) is 2.47. The molecule has 114 valence electrons. The molecule has 1 unspecified atom stereocenters. The number of methoxy groups -OCH3 is 1. The van der Waals surface area contributed by atoms with Crippen molar-refractivity contribution in [3.05, 3.63) is 10.6 Å². The molecule has 0 aromatic carbocycles. The SMILES string of the molecule is COCCN(CCC#N)c1nc2c(s1)CCCC2C(=O)O. The molecule has 0 saturated carbocycles.